The van der Waals surface area contributed by atoms with Crippen LogP contribution in [0.1, 0.15) is 24.9 Å². The molecule has 1 aromatic carbocycles. The number of nitrogens with one attached hydrogen (secondary N) is 2. The van der Waals surface area contributed by atoms with E-state index in [-0.39, 0.29) is 12.1 Å². The summed E-state index contributed by atoms with van der Waals surface area (Å²) in [4.78, 5) is 13.7. The zero-order valence-electron chi connectivity index (χ0n) is 12.8. The molecule has 2 amide bonds. The minimum absolute atomic E-state index is 0.102. The summed E-state index contributed by atoms with van der Waals surface area (Å²) >= 11 is 0. The standard InChI is InChI=1S/C15H25N3O2/c1-12(16-2)13-7-5-8-14(11-13)17-15(19)18(3)9-6-10-20-4/h5,7-8,11-12,16H,6,9-10H2,1-4H3,(H,17,19). The number of carbonyl (C=O) groups is 1. The summed E-state index contributed by atoms with van der Waals surface area (Å²) in [6.07, 6.45) is 0.831. The second kappa shape index (κ2) is 8.55. The molecule has 1 aromatic rings. The number of anilines is 1. The van der Waals surface area contributed by atoms with Crippen molar-refractivity contribution in [3.8, 4) is 0 Å². The van der Waals surface area contributed by atoms with Crippen LogP contribution >= 0.6 is 0 Å². The molecule has 0 spiro atoms. The van der Waals surface area contributed by atoms with Crippen LogP contribution < -0.4 is 10.6 Å². The molecule has 1 unspecified atom stereocenters. The number of amides is 2. The molecule has 0 saturated carbocycles. The second-order valence-corrected chi connectivity index (χ2v) is 4.83. The van der Waals surface area contributed by atoms with Gasteiger partial charge >= 0.3 is 6.03 Å². The van der Waals surface area contributed by atoms with Gasteiger partial charge in [0.15, 0.2) is 0 Å². The number of hydrogen-bond acceptors (Lipinski definition) is 3. The fourth-order valence-electron chi connectivity index (χ4n) is 1.82. The van der Waals surface area contributed by atoms with Gasteiger partial charge in [0.05, 0.1) is 0 Å². The Morgan fingerprint density at radius 3 is 2.85 bits per heavy atom. The van der Waals surface area contributed by atoms with Crippen molar-refractivity contribution in [1.29, 1.82) is 0 Å². The summed E-state index contributed by atoms with van der Waals surface area (Å²) in [5, 5.41) is 6.09. The number of ether oxygens (including phenoxy) is 1. The summed E-state index contributed by atoms with van der Waals surface area (Å²) in [5.41, 5.74) is 1.96. The molecule has 112 valence electrons. The predicted octanol–water partition coefficient (Wildman–Crippen LogP) is 2.47. The Labute approximate surface area is 121 Å². The number of methoxy groups -OCH3 is 1. The van der Waals surface area contributed by atoms with Gasteiger partial charge in [0.1, 0.15) is 0 Å². The lowest BCUT2D eigenvalue weighted by molar-refractivity contribution is 0.179. The van der Waals surface area contributed by atoms with E-state index in [1.54, 1.807) is 19.1 Å². The SMILES string of the molecule is CNC(C)c1cccc(NC(=O)N(C)CCCOC)c1. The molecule has 0 aliphatic carbocycles. The minimum Gasteiger partial charge on any atom is -0.385 e. The van der Waals surface area contributed by atoms with Gasteiger partial charge in [-0.25, -0.2) is 4.79 Å². The summed E-state index contributed by atoms with van der Waals surface area (Å²) in [6, 6.07) is 8.03. The molecule has 0 heterocycles. The highest BCUT2D eigenvalue weighted by molar-refractivity contribution is 5.89. The van der Waals surface area contributed by atoms with E-state index in [9.17, 15) is 4.79 Å². The molecule has 0 aliphatic rings. The van der Waals surface area contributed by atoms with Crippen LogP contribution in [0.5, 0.6) is 0 Å². The Balaban J connectivity index is 2.57. The quantitative estimate of drug-likeness (QED) is 0.754. The van der Waals surface area contributed by atoms with Crippen molar-refractivity contribution in [2.24, 2.45) is 0 Å². The molecular formula is C15H25N3O2. The largest absolute Gasteiger partial charge is 0.385 e. The van der Waals surface area contributed by atoms with Gasteiger partial charge in [-0.3, -0.25) is 0 Å². The van der Waals surface area contributed by atoms with Crippen molar-refractivity contribution in [1.82, 2.24) is 10.2 Å². The maximum Gasteiger partial charge on any atom is 0.321 e. The molecule has 0 bridgehead atoms. The van der Waals surface area contributed by atoms with Crippen molar-refractivity contribution < 1.29 is 9.53 Å². The van der Waals surface area contributed by atoms with Gasteiger partial charge in [0, 0.05) is 39.0 Å². The van der Waals surface area contributed by atoms with Gasteiger partial charge < -0.3 is 20.3 Å². The molecule has 0 aromatic heterocycles. The molecule has 0 radical (unpaired) electrons. The Kier molecular flexibility index (Phi) is 7.04. The summed E-state index contributed by atoms with van der Waals surface area (Å²) in [6.45, 7) is 3.41. The normalized spacial score (nSPS) is 12.0. The number of benzene rings is 1. The van der Waals surface area contributed by atoms with Crippen LogP contribution in [0.4, 0.5) is 10.5 Å². The highest BCUT2D eigenvalue weighted by Crippen LogP contribution is 2.17. The number of rotatable bonds is 7. The Bertz CT molecular complexity index is 423. The first-order valence-electron chi connectivity index (χ1n) is 6.86. The number of nitrogens with zero attached hydrogens (tertiary/aromatic N) is 1. The summed E-state index contributed by atoms with van der Waals surface area (Å²) < 4.78 is 4.98. The monoisotopic (exact) mass is 279 g/mol. The van der Waals surface area contributed by atoms with Crippen LogP contribution in [0.25, 0.3) is 0 Å². The van der Waals surface area contributed by atoms with E-state index in [1.165, 1.54) is 0 Å². The van der Waals surface area contributed by atoms with Gasteiger partial charge in [0.25, 0.3) is 0 Å². The topological polar surface area (TPSA) is 53.6 Å². The van der Waals surface area contributed by atoms with E-state index in [0.717, 1.165) is 17.7 Å². The minimum atomic E-state index is -0.102. The summed E-state index contributed by atoms with van der Waals surface area (Å²) in [7, 11) is 5.36. The van der Waals surface area contributed by atoms with E-state index in [0.29, 0.717) is 13.2 Å². The third-order valence-corrected chi connectivity index (χ3v) is 3.26. The fraction of sp³-hybridized carbons (Fsp3) is 0.533. The van der Waals surface area contributed by atoms with E-state index in [1.807, 2.05) is 31.3 Å². The summed E-state index contributed by atoms with van der Waals surface area (Å²) in [5.74, 6) is 0. The van der Waals surface area contributed by atoms with E-state index >= 15 is 0 Å². The van der Waals surface area contributed by atoms with Gasteiger partial charge in [-0.15, -0.1) is 0 Å². The first-order chi connectivity index (χ1) is 9.58. The van der Waals surface area contributed by atoms with Crippen molar-refractivity contribution in [2.45, 2.75) is 19.4 Å². The van der Waals surface area contributed by atoms with Gasteiger partial charge in [-0.1, -0.05) is 12.1 Å². The number of carbonyl (C=O) groups excluding carboxylic acids is 1. The lowest BCUT2D eigenvalue weighted by atomic mass is 10.1. The third-order valence-electron chi connectivity index (χ3n) is 3.26. The Morgan fingerprint density at radius 2 is 2.20 bits per heavy atom. The van der Waals surface area contributed by atoms with Gasteiger partial charge in [0.2, 0.25) is 0 Å². The van der Waals surface area contributed by atoms with Crippen molar-refractivity contribution >= 4 is 11.7 Å². The van der Waals surface area contributed by atoms with E-state index in [4.69, 9.17) is 4.74 Å². The van der Waals surface area contributed by atoms with Gasteiger partial charge in [-0.2, -0.15) is 0 Å². The molecule has 20 heavy (non-hydrogen) atoms. The van der Waals surface area contributed by atoms with E-state index in [2.05, 4.69) is 17.6 Å². The predicted molar refractivity (Wildman–Crippen MR) is 82.1 cm³/mol. The van der Waals surface area contributed by atoms with Crippen LogP contribution in [0.2, 0.25) is 0 Å². The van der Waals surface area contributed by atoms with Gasteiger partial charge in [-0.05, 0) is 38.1 Å². The number of urea groups is 1. The van der Waals surface area contributed by atoms with Crippen molar-refractivity contribution in [3.63, 3.8) is 0 Å². The highest BCUT2D eigenvalue weighted by Gasteiger charge is 2.09. The number of hydrogen-bond donors (Lipinski definition) is 2. The van der Waals surface area contributed by atoms with Crippen LogP contribution in [-0.2, 0) is 4.74 Å². The molecule has 1 rings (SSSR count). The molecular weight excluding hydrogens is 254 g/mol. The van der Waals surface area contributed by atoms with Crippen LogP contribution in [0, 0.1) is 0 Å². The lowest BCUT2D eigenvalue weighted by Crippen LogP contribution is -2.32. The first kappa shape index (κ1) is 16.5. The molecule has 0 fully saturated rings. The zero-order valence-corrected chi connectivity index (χ0v) is 12.8. The highest BCUT2D eigenvalue weighted by atomic mass is 16.5. The molecule has 5 nitrogen and oxygen atoms in total. The second-order valence-electron chi connectivity index (χ2n) is 4.83. The fourth-order valence-corrected chi connectivity index (χ4v) is 1.82. The molecule has 5 heteroatoms. The average Bonchev–Trinajstić information content (AvgIpc) is 2.46. The van der Waals surface area contributed by atoms with Crippen LogP contribution in [-0.4, -0.2) is 45.3 Å². The zero-order chi connectivity index (χ0) is 15.0. The molecule has 0 aliphatic heterocycles. The van der Waals surface area contributed by atoms with Crippen LogP contribution in [0.3, 0.4) is 0 Å². The average molecular weight is 279 g/mol. The Morgan fingerprint density at radius 1 is 1.45 bits per heavy atom. The smallest absolute Gasteiger partial charge is 0.321 e. The molecule has 1 atom stereocenters. The van der Waals surface area contributed by atoms with Crippen molar-refractivity contribution in [2.75, 3.05) is 39.7 Å². The molecule has 0 saturated heterocycles. The maximum atomic E-state index is 12.0. The van der Waals surface area contributed by atoms with Crippen LogP contribution in [0.15, 0.2) is 24.3 Å². The lowest BCUT2D eigenvalue weighted by Gasteiger charge is -2.18. The third kappa shape index (κ3) is 5.19. The van der Waals surface area contributed by atoms with Crippen molar-refractivity contribution in [3.05, 3.63) is 29.8 Å². The Hall–Kier alpha value is -1.59. The molecule has 2 N–H and O–H groups in total. The first-order valence-corrected chi connectivity index (χ1v) is 6.86. The van der Waals surface area contributed by atoms with E-state index < -0.39 is 0 Å². The maximum absolute atomic E-state index is 12.0.